The van der Waals surface area contributed by atoms with Gasteiger partial charge in [0.15, 0.2) is 0 Å². The molecule has 0 radical (unpaired) electrons. The fraction of sp³-hybridized carbons (Fsp3) is 0.158. The van der Waals surface area contributed by atoms with E-state index in [1.165, 1.54) is 12.1 Å². The van der Waals surface area contributed by atoms with Crippen molar-refractivity contribution in [2.75, 3.05) is 4.72 Å². The van der Waals surface area contributed by atoms with Gasteiger partial charge in [-0.05, 0) is 55.7 Å². The number of sulfonamides is 1. The summed E-state index contributed by atoms with van der Waals surface area (Å²) in [5, 5.41) is 10.1. The van der Waals surface area contributed by atoms with Gasteiger partial charge in [0, 0.05) is 11.6 Å². The molecule has 0 bridgehead atoms. The average Bonchev–Trinajstić information content (AvgIpc) is 2.56. The Morgan fingerprint density at radius 1 is 1.08 bits per heavy atom. The average molecular weight is 370 g/mol. The van der Waals surface area contributed by atoms with E-state index in [0.29, 0.717) is 16.5 Å². The van der Waals surface area contributed by atoms with Crippen LogP contribution < -0.4 is 4.72 Å². The van der Waals surface area contributed by atoms with Crippen molar-refractivity contribution in [2.45, 2.75) is 25.7 Å². The zero-order valence-corrected chi connectivity index (χ0v) is 15.4. The van der Waals surface area contributed by atoms with E-state index in [-0.39, 0.29) is 16.1 Å². The molecule has 1 aromatic heterocycles. The van der Waals surface area contributed by atoms with Gasteiger partial charge >= 0.3 is 5.97 Å². The zero-order valence-electron chi connectivity index (χ0n) is 14.6. The Labute approximate surface area is 151 Å². The molecule has 26 heavy (non-hydrogen) atoms. The second kappa shape index (κ2) is 6.42. The zero-order chi connectivity index (χ0) is 19.1. The maximum absolute atomic E-state index is 13.0. The molecular formula is C19H18N2O4S. The summed E-state index contributed by atoms with van der Waals surface area (Å²) in [7, 11) is -4.02. The fourth-order valence-corrected chi connectivity index (χ4v) is 4.25. The molecule has 2 N–H and O–H groups in total. The lowest BCUT2D eigenvalue weighted by Gasteiger charge is -2.15. The number of anilines is 1. The quantitative estimate of drug-likeness (QED) is 0.731. The molecule has 0 saturated carbocycles. The van der Waals surface area contributed by atoms with Gasteiger partial charge < -0.3 is 5.11 Å². The number of pyridine rings is 1. The van der Waals surface area contributed by atoms with Crippen molar-refractivity contribution in [3.63, 3.8) is 0 Å². The molecule has 0 aliphatic rings. The first-order valence-electron chi connectivity index (χ1n) is 7.92. The van der Waals surface area contributed by atoms with Gasteiger partial charge in [0.05, 0.1) is 16.8 Å². The first kappa shape index (κ1) is 17.9. The molecule has 0 spiro atoms. The van der Waals surface area contributed by atoms with Crippen LogP contribution >= 0.6 is 0 Å². The molecule has 0 aliphatic heterocycles. The number of carboxylic acids is 1. The van der Waals surface area contributed by atoms with Crippen LogP contribution in [0.2, 0.25) is 0 Å². The third kappa shape index (κ3) is 3.25. The second-order valence-electron chi connectivity index (χ2n) is 6.26. The number of hydrogen-bond donors (Lipinski definition) is 2. The summed E-state index contributed by atoms with van der Waals surface area (Å²) in [5.74, 6) is -1.19. The van der Waals surface area contributed by atoms with Crippen molar-refractivity contribution in [1.82, 2.24) is 4.98 Å². The molecule has 3 rings (SSSR count). The summed E-state index contributed by atoms with van der Waals surface area (Å²) in [6, 6.07) is 9.90. The van der Waals surface area contributed by atoms with Gasteiger partial charge in [0.1, 0.15) is 4.90 Å². The lowest BCUT2D eigenvalue weighted by Crippen LogP contribution is -2.17. The summed E-state index contributed by atoms with van der Waals surface area (Å²) in [4.78, 5) is 15.8. The third-order valence-electron chi connectivity index (χ3n) is 4.05. The van der Waals surface area contributed by atoms with E-state index < -0.39 is 16.0 Å². The van der Waals surface area contributed by atoms with E-state index in [1.807, 2.05) is 13.0 Å². The number of benzene rings is 2. The lowest BCUT2D eigenvalue weighted by molar-refractivity contribution is 0.0698. The van der Waals surface area contributed by atoms with Crippen LogP contribution in [0.15, 0.2) is 47.5 Å². The van der Waals surface area contributed by atoms with Gasteiger partial charge in [-0.25, -0.2) is 13.2 Å². The van der Waals surface area contributed by atoms with Gasteiger partial charge in [-0.1, -0.05) is 18.2 Å². The highest BCUT2D eigenvalue weighted by Crippen LogP contribution is 2.28. The molecule has 2 aromatic carbocycles. The number of para-hydroxylation sites is 1. The molecule has 3 aromatic rings. The predicted molar refractivity (Wildman–Crippen MR) is 100 cm³/mol. The first-order chi connectivity index (χ1) is 12.2. The number of nitrogens with one attached hydrogen (secondary N) is 1. The van der Waals surface area contributed by atoms with Crippen molar-refractivity contribution < 1.29 is 18.3 Å². The Hall–Kier alpha value is -2.93. The fourth-order valence-electron chi connectivity index (χ4n) is 2.92. The van der Waals surface area contributed by atoms with Gasteiger partial charge in [0.2, 0.25) is 0 Å². The molecule has 134 valence electrons. The highest BCUT2D eigenvalue weighted by atomic mass is 32.2. The summed E-state index contributed by atoms with van der Waals surface area (Å²) in [6.45, 7) is 5.30. The topological polar surface area (TPSA) is 96.4 Å². The molecule has 1 heterocycles. The van der Waals surface area contributed by atoms with Crippen LogP contribution in [0.5, 0.6) is 0 Å². The smallest absolute Gasteiger partial charge is 0.337 e. The normalized spacial score (nSPS) is 11.5. The Kier molecular flexibility index (Phi) is 4.41. The van der Waals surface area contributed by atoms with Crippen LogP contribution in [0.3, 0.4) is 0 Å². The SMILES string of the molecule is Cc1cc(C)c(NS(=O)(=O)c2cccc3cc(C)cnc23)c(C(=O)O)c1. The van der Waals surface area contributed by atoms with Crippen molar-refractivity contribution in [3.8, 4) is 0 Å². The van der Waals surface area contributed by atoms with Crippen LogP contribution in [-0.2, 0) is 10.0 Å². The summed E-state index contributed by atoms with van der Waals surface area (Å²) in [5.41, 5.74) is 2.51. The minimum Gasteiger partial charge on any atom is -0.478 e. The largest absolute Gasteiger partial charge is 0.478 e. The molecule has 0 fully saturated rings. The minimum absolute atomic E-state index is 0.00585. The molecule has 6 nitrogen and oxygen atoms in total. The summed E-state index contributed by atoms with van der Waals surface area (Å²) in [6.07, 6.45) is 1.60. The summed E-state index contributed by atoms with van der Waals surface area (Å²) >= 11 is 0. The first-order valence-corrected chi connectivity index (χ1v) is 9.40. The standard InChI is InChI=1S/C19H18N2O4S/c1-11-7-13(3)17(15(9-11)19(22)23)21-26(24,25)16-6-4-5-14-8-12(2)10-20-18(14)16/h4-10,21H,1-3H3,(H,22,23). The van der Waals surface area contributed by atoms with E-state index in [1.54, 1.807) is 38.2 Å². The van der Waals surface area contributed by atoms with Gasteiger partial charge in [0.25, 0.3) is 10.0 Å². The summed E-state index contributed by atoms with van der Waals surface area (Å²) < 4.78 is 28.4. The molecule has 0 unspecified atom stereocenters. The van der Waals surface area contributed by atoms with E-state index in [4.69, 9.17) is 0 Å². The predicted octanol–water partition coefficient (Wildman–Crippen LogP) is 3.66. The molecule has 0 saturated heterocycles. The number of aromatic nitrogens is 1. The number of aryl methyl sites for hydroxylation is 3. The lowest BCUT2D eigenvalue weighted by atomic mass is 10.0. The minimum atomic E-state index is -4.02. The maximum Gasteiger partial charge on any atom is 0.337 e. The Morgan fingerprint density at radius 3 is 2.50 bits per heavy atom. The Morgan fingerprint density at radius 2 is 1.81 bits per heavy atom. The van der Waals surface area contributed by atoms with E-state index in [0.717, 1.165) is 11.1 Å². The van der Waals surface area contributed by atoms with Crippen molar-refractivity contribution in [3.05, 3.63) is 64.8 Å². The number of nitrogens with zero attached hydrogens (tertiary/aromatic N) is 1. The van der Waals surface area contributed by atoms with Crippen molar-refractivity contribution >= 4 is 32.6 Å². The Bertz CT molecular complexity index is 1140. The van der Waals surface area contributed by atoms with Crippen LogP contribution in [0, 0.1) is 20.8 Å². The van der Waals surface area contributed by atoms with Crippen LogP contribution in [0.4, 0.5) is 5.69 Å². The van der Waals surface area contributed by atoms with Gasteiger partial charge in [-0.3, -0.25) is 9.71 Å². The van der Waals surface area contributed by atoms with Gasteiger partial charge in [-0.2, -0.15) is 0 Å². The molecular weight excluding hydrogens is 352 g/mol. The van der Waals surface area contributed by atoms with E-state index >= 15 is 0 Å². The number of rotatable bonds is 4. The van der Waals surface area contributed by atoms with Gasteiger partial charge in [-0.15, -0.1) is 0 Å². The third-order valence-corrected chi connectivity index (χ3v) is 5.43. The van der Waals surface area contributed by atoms with Crippen LogP contribution in [0.1, 0.15) is 27.0 Å². The van der Waals surface area contributed by atoms with Crippen molar-refractivity contribution in [2.24, 2.45) is 0 Å². The van der Waals surface area contributed by atoms with Crippen LogP contribution in [-0.4, -0.2) is 24.5 Å². The molecule has 7 heteroatoms. The second-order valence-corrected chi connectivity index (χ2v) is 7.91. The number of carboxylic acid groups (broad SMARTS) is 1. The number of aromatic carboxylic acids is 1. The molecule has 0 aliphatic carbocycles. The number of fused-ring (bicyclic) bond motifs is 1. The monoisotopic (exact) mass is 370 g/mol. The van der Waals surface area contributed by atoms with E-state index in [9.17, 15) is 18.3 Å². The van der Waals surface area contributed by atoms with Crippen molar-refractivity contribution in [1.29, 1.82) is 0 Å². The highest BCUT2D eigenvalue weighted by Gasteiger charge is 2.23. The Balaban J connectivity index is 2.16. The van der Waals surface area contributed by atoms with E-state index in [2.05, 4.69) is 9.71 Å². The number of carbonyl (C=O) groups is 1. The van der Waals surface area contributed by atoms with Crippen LogP contribution in [0.25, 0.3) is 10.9 Å². The molecule has 0 amide bonds. The molecule has 0 atom stereocenters. The number of hydrogen-bond acceptors (Lipinski definition) is 4. The highest BCUT2D eigenvalue weighted by molar-refractivity contribution is 7.93. The maximum atomic E-state index is 13.0.